The van der Waals surface area contributed by atoms with Gasteiger partial charge in [0.15, 0.2) is 0 Å². The van der Waals surface area contributed by atoms with Gasteiger partial charge in [0.05, 0.1) is 5.69 Å². The summed E-state index contributed by atoms with van der Waals surface area (Å²) in [7, 11) is 0. The lowest BCUT2D eigenvalue weighted by atomic mass is 9.93. The van der Waals surface area contributed by atoms with Crippen molar-refractivity contribution in [2.24, 2.45) is 0 Å². The highest BCUT2D eigenvalue weighted by atomic mass is 32.1. The maximum Gasteiger partial charge on any atom is 0.127 e. The first-order chi connectivity index (χ1) is 9.60. The molecule has 0 aliphatic carbocycles. The molecular weight excluding hydrogens is 266 g/mol. The third-order valence-corrected chi connectivity index (χ3v) is 5.24. The minimum Gasteiger partial charge on any atom is -0.313 e. The molecule has 0 saturated carbocycles. The largest absolute Gasteiger partial charge is 0.313 e. The van der Waals surface area contributed by atoms with E-state index in [4.69, 9.17) is 0 Å². The highest BCUT2D eigenvalue weighted by molar-refractivity contribution is 7.18. The zero-order valence-electron chi connectivity index (χ0n) is 13.2. The smallest absolute Gasteiger partial charge is 0.127 e. The van der Waals surface area contributed by atoms with Crippen LogP contribution in [0.5, 0.6) is 0 Å². The summed E-state index contributed by atoms with van der Waals surface area (Å²) < 4.78 is 0. The molecule has 0 aliphatic heterocycles. The van der Waals surface area contributed by atoms with Crippen molar-refractivity contribution in [2.75, 3.05) is 6.54 Å². The third kappa shape index (κ3) is 2.86. The monoisotopic (exact) mass is 291 g/mol. The van der Waals surface area contributed by atoms with Gasteiger partial charge in [-0.15, -0.1) is 11.3 Å². The van der Waals surface area contributed by atoms with Crippen LogP contribution in [0.25, 0.3) is 10.2 Å². The van der Waals surface area contributed by atoms with Gasteiger partial charge in [0.1, 0.15) is 11.2 Å². The van der Waals surface area contributed by atoms with Gasteiger partial charge in [-0.2, -0.15) is 0 Å². The zero-order valence-corrected chi connectivity index (χ0v) is 14.0. The number of aryl methyl sites for hydroxylation is 2. The van der Waals surface area contributed by atoms with Crippen molar-refractivity contribution in [1.29, 1.82) is 0 Å². The normalized spacial score (nSPS) is 14.7. The molecular formula is C16H25N3S. The zero-order chi connectivity index (χ0) is 14.7. The van der Waals surface area contributed by atoms with Crippen LogP contribution in [0, 0.1) is 13.8 Å². The summed E-state index contributed by atoms with van der Waals surface area (Å²) in [6, 6.07) is 0.479. The first-order valence-electron chi connectivity index (χ1n) is 7.54. The fraction of sp³-hybridized carbons (Fsp3) is 0.625. The Morgan fingerprint density at radius 3 is 2.65 bits per heavy atom. The van der Waals surface area contributed by atoms with Crippen molar-refractivity contribution in [2.45, 2.75) is 59.4 Å². The van der Waals surface area contributed by atoms with Gasteiger partial charge in [0, 0.05) is 22.2 Å². The summed E-state index contributed by atoms with van der Waals surface area (Å²) in [5, 5.41) is 4.93. The molecule has 2 unspecified atom stereocenters. The number of aromatic nitrogens is 2. The first-order valence-corrected chi connectivity index (χ1v) is 8.35. The van der Waals surface area contributed by atoms with Gasteiger partial charge in [-0.25, -0.2) is 9.97 Å². The third-order valence-electron chi connectivity index (χ3n) is 4.13. The Balaban J connectivity index is 2.40. The van der Waals surface area contributed by atoms with E-state index in [1.54, 1.807) is 17.7 Å². The van der Waals surface area contributed by atoms with Crippen LogP contribution < -0.4 is 5.32 Å². The van der Waals surface area contributed by atoms with E-state index in [9.17, 15) is 0 Å². The maximum absolute atomic E-state index is 4.61. The van der Waals surface area contributed by atoms with Crippen LogP contribution in [0.1, 0.15) is 55.7 Å². The predicted molar refractivity (Wildman–Crippen MR) is 87.7 cm³/mol. The number of thiophene rings is 1. The number of nitrogens with one attached hydrogen (secondary N) is 1. The lowest BCUT2D eigenvalue weighted by Gasteiger charge is -2.24. The van der Waals surface area contributed by atoms with Crippen molar-refractivity contribution < 1.29 is 0 Å². The van der Waals surface area contributed by atoms with Crippen LogP contribution in [-0.2, 0) is 0 Å². The molecule has 0 radical (unpaired) electrons. The van der Waals surface area contributed by atoms with E-state index in [1.165, 1.54) is 27.9 Å². The van der Waals surface area contributed by atoms with Crippen LogP contribution in [0.2, 0.25) is 0 Å². The van der Waals surface area contributed by atoms with Gasteiger partial charge in [-0.1, -0.05) is 20.8 Å². The first kappa shape index (κ1) is 15.4. The molecule has 2 rings (SSSR count). The lowest BCUT2D eigenvalue weighted by Crippen LogP contribution is -2.34. The highest BCUT2D eigenvalue weighted by Gasteiger charge is 2.22. The van der Waals surface area contributed by atoms with Crippen molar-refractivity contribution >= 4 is 21.6 Å². The predicted octanol–water partition coefficient (Wildman–Crippen LogP) is 4.19. The second-order valence-corrected chi connectivity index (χ2v) is 6.68. The SMILES string of the molecule is CCCNC(CC)C(C)c1ncnc2sc(C)c(C)c12. The molecule has 0 aliphatic rings. The van der Waals surface area contributed by atoms with Crippen LogP contribution in [0.15, 0.2) is 6.33 Å². The van der Waals surface area contributed by atoms with Crippen LogP contribution in [0.4, 0.5) is 0 Å². The molecule has 2 aromatic heterocycles. The number of rotatable bonds is 6. The van der Waals surface area contributed by atoms with Crippen molar-refractivity contribution in [3.8, 4) is 0 Å². The minimum absolute atomic E-state index is 0.407. The fourth-order valence-corrected chi connectivity index (χ4v) is 3.75. The molecule has 0 bridgehead atoms. The van der Waals surface area contributed by atoms with Gasteiger partial charge < -0.3 is 5.32 Å². The lowest BCUT2D eigenvalue weighted by molar-refractivity contribution is 0.434. The van der Waals surface area contributed by atoms with E-state index in [0.29, 0.717) is 12.0 Å². The number of hydrogen-bond acceptors (Lipinski definition) is 4. The topological polar surface area (TPSA) is 37.8 Å². The fourth-order valence-electron chi connectivity index (χ4n) is 2.75. The molecule has 2 aromatic rings. The van der Waals surface area contributed by atoms with Crippen molar-refractivity contribution in [3.63, 3.8) is 0 Å². The number of fused-ring (bicyclic) bond motifs is 1. The molecule has 0 spiro atoms. The summed E-state index contributed by atoms with van der Waals surface area (Å²) in [6.07, 6.45) is 4.00. The van der Waals surface area contributed by atoms with Gasteiger partial charge in [0.25, 0.3) is 0 Å². The van der Waals surface area contributed by atoms with E-state index in [-0.39, 0.29) is 0 Å². The average Bonchev–Trinajstić information content (AvgIpc) is 2.75. The summed E-state index contributed by atoms with van der Waals surface area (Å²) in [5.74, 6) is 0.407. The second kappa shape index (κ2) is 6.64. The van der Waals surface area contributed by atoms with Gasteiger partial charge >= 0.3 is 0 Å². The van der Waals surface area contributed by atoms with Gasteiger partial charge in [-0.3, -0.25) is 0 Å². The minimum atomic E-state index is 0.407. The molecule has 1 N–H and O–H groups in total. The molecule has 20 heavy (non-hydrogen) atoms. The van der Waals surface area contributed by atoms with Crippen LogP contribution >= 0.6 is 11.3 Å². The van der Waals surface area contributed by atoms with Crippen LogP contribution in [0.3, 0.4) is 0 Å². The van der Waals surface area contributed by atoms with Gasteiger partial charge in [-0.05, 0) is 38.8 Å². The molecule has 2 heterocycles. The molecule has 4 heteroatoms. The Morgan fingerprint density at radius 1 is 1.25 bits per heavy atom. The van der Waals surface area contributed by atoms with Crippen molar-refractivity contribution in [3.05, 3.63) is 22.5 Å². The van der Waals surface area contributed by atoms with E-state index in [0.717, 1.165) is 17.8 Å². The van der Waals surface area contributed by atoms with E-state index in [2.05, 4.69) is 49.9 Å². The van der Waals surface area contributed by atoms with E-state index < -0.39 is 0 Å². The standard InChI is InChI=1S/C16H25N3S/c1-6-8-17-13(7-2)11(4)15-14-10(3)12(5)20-16(14)19-9-18-15/h9,11,13,17H,6-8H2,1-5H3. The summed E-state index contributed by atoms with van der Waals surface area (Å²) in [6.45, 7) is 12.2. The molecule has 3 nitrogen and oxygen atoms in total. The average molecular weight is 291 g/mol. The molecule has 0 amide bonds. The molecule has 0 saturated heterocycles. The summed E-state index contributed by atoms with van der Waals surface area (Å²) in [5.41, 5.74) is 2.55. The maximum atomic E-state index is 4.61. The Bertz CT molecular complexity index is 576. The Morgan fingerprint density at radius 2 is 2.00 bits per heavy atom. The Kier molecular flexibility index (Phi) is 5.11. The summed E-state index contributed by atoms with van der Waals surface area (Å²) >= 11 is 1.78. The molecule has 0 aromatic carbocycles. The second-order valence-electron chi connectivity index (χ2n) is 5.48. The van der Waals surface area contributed by atoms with Crippen molar-refractivity contribution in [1.82, 2.24) is 15.3 Å². The molecule has 0 fully saturated rings. The summed E-state index contributed by atoms with van der Waals surface area (Å²) in [4.78, 5) is 11.5. The Hall–Kier alpha value is -1.00. The number of nitrogens with zero attached hydrogens (tertiary/aromatic N) is 2. The molecule has 2 atom stereocenters. The molecule has 110 valence electrons. The van der Waals surface area contributed by atoms with Gasteiger partial charge in [0.2, 0.25) is 0 Å². The van der Waals surface area contributed by atoms with E-state index in [1.807, 2.05) is 0 Å². The number of hydrogen-bond donors (Lipinski definition) is 1. The quantitative estimate of drug-likeness (QED) is 0.867. The van der Waals surface area contributed by atoms with E-state index >= 15 is 0 Å². The highest BCUT2D eigenvalue weighted by Crippen LogP contribution is 2.34. The van der Waals surface area contributed by atoms with Crippen LogP contribution in [-0.4, -0.2) is 22.6 Å². The Labute approximate surface area is 125 Å².